The molecule has 0 saturated carbocycles. The van der Waals surface area contributed by atoms with Gasteiger partial charge in [-0.05, 0) is 29.8 Å². The number of likely N-dealkylation sites (N-methyl/N-ethyl adjacent to an activating group) is 1. The van der Waals surface area contributed by atoms with E-state index < -0.39 is 0 Å². The van der Waals surface area contributed by atoms with E-state index in [1.165, 1.54) is 0 Å². The minimum atomic E-state index is -0.158. The molecule has 1 aromatic heterocycles. The summed E-state index contributed by atoms with van der Waals surface area (Å²) in [4.78, 5) is 14.1. The van der Waals surface area contributed by atoms with Gasteiger partial charge in [-0.1, -0.05) is 48.5 Å². The van der Waals surface area contributed by atoms with E-state index in [0.717, 1.165) is 17.0 Å². The fourth-order valence-electron chi connectivity index (χ4n) is 2.59. The van der Waals surface area contributed by atoms with Crippen molar-refractivity contribution in [1.29, 1.82) is 0 Å². The molecule has 1 atom stereocenters. The standard InChI is InChI=1S/C20H20N2O2/c1-22(17-11-6-3-7-12-17)19(23)15-21-20(18-13-8-14-24-18)16-9-4-2-5-10-16/h2-14,20-21H,15H2,1H3/t20-/m1/s1. The van der Waals surface area contributed by atoms with Gasteiger partial charge < -0.3 is 9.32 Å². The molecule has 2 aromatic carbocycles. The van der Waals surface area contributed by atoms with Crippen LogP contribution in [0.1, 0.15) is 17.4 Å². The zero-order valence-corrected chi connectivity index (χ0v) is 13.6. The first kappa shape index (κ1) is 16.0. The maximum atomic E-state index is 12.5. The Morgan fingerprint density at radius 1 is 1.00 bits per heavy atom. The van der Waals surface area contributed by atoms with Crippen LogP contribution in [0.15, 0.2) is 83.5 Å². The summed E-state index contributed by atoms with van der Waals surface area (Å²) in [7, 11) is 1.78. The fourth-order valence-corrected chi connectivity index (χ4v) is 2.59. The summed E-state index contributed by atoms with van der Waals surface area (Å²) in [6.07, 6.45) is 1.64. The highest BCUT2D eigenvalue weighted by Gasteiger charge is 2.19. The van der Waals surface area contributed by atoms with E-state index in [0.29, 0.717) is 0 Å². The van der Waals surface area contributed by atoms with Crippen LogP contribution in [0.25, 0.3) is 0 Å². The molecular weight excluding hydrogens is 300 g/mol. The molecule has 0 unspecified atom stereocenters. The van der Waals surface area contributed by atoms with Crippen LogP contribution in [-0.4, -0.2) is 19.5 Å². The highest BCUT2D eigenvalue weighted by Crippen LogP contribution is 2.22. The number of anilines is 1. The first-order chi connectivity index (χ1) is 11.8. The lowest BCUT2D eigenvalue weighted by molar-refractivity contribution is -0.117. The molecule has 0 aliphatic carbocycles. The van der Waals surface area contributed by atoms with Crippen LogP contribution in [0.2, 0.25) is 0 Å². The Kier molecular flexibility index (Phi) is 5.08. The van der Waals surface area contributed by atoms with Crippen LogP contribution in [0.5, 0.6) is 0 Å². The topological polar surface area (TPSA) is 45.5 Å². The van der Waals surface area contributed by atoms with E-state index >= 15 is 0 Å². The molecule has 0 radical (unpaired) electrons. The van der Waals surface area contributed by atoms with E-state index in [1.807, 2.05) is 72.8 Å². The number of hydrogen-bond acceptors (Lipinski definition) is 3. The summed E-state index contributed by atoms with van der Waals surface area (Å²) in [5, 5.41) is 3.30. The summed E-state index contributed by atoms with van der Waals surface area (Å²) in [6, 6.07) is 23.2. The number of para-hydroxylation sites is 1. The molecule has 3 rings (SSSR count). The third kappa shape index (κ3) is 3.73. The largest absolute Gasteiger partial charge is 0.467 e. The number of benzene rings is 2. The van der Waals surface area contributed by atoms with Crippen molar-refractivity contribution in [2.24, 2.45) is 0 Å². The Bertz CT molecular complexity index is 755. The van der Waals surface area contributed by atoms with Gasteiger partial charge in [0.1, 0.15) is 5.76 Å². The second-order valence-electron chi connectivity index (χ2n) is 5.53. The zero-order chi connectivity index (χ0) is 16.8. The molecule has 0 spiro atoms. The predicted octanol–water partition coefficient (Wildman–Crippen LogP) is 3.62. The molecule has 1 amide bonds. The van der Waals surface area contributed by atoms with Gasteiger partial charge in [0, 0.05) is 12.7 Å². The Hall–Kier alpha value is -2.85. The Balaban J connectivity index is 1.71. The lowest BCUT2D eigenvalue weighted by Gasteiger charge is -2.21. The van der Waals surface area contributed by atoms with E-state index in [4.69, 9.17) is 4.42 Å². The molecule has 4 heteroatoms. The highest BCUT2D eigenvalue weighted by atomic mass is 16.3. The van der Waals surface area contributed by atoms with Crippen LogP contribution in [-0.2, 0) is 4.79 Å². The van der Waals surface area contributed by atoms with Crippen molar-refractivity contribution < 1.29 is 9.21 Å². The van der Waals surface area contributed by atoms with Crippen LogP contribution in [0, 0.1) is 0 Å². The fraction of sp³-hybridized carbons (Fsp3) is 0.150. The van der Waals surface area contributed by atoms with E-state index in [1.54, 1.807) is 18.2 Å². The number of nitrogens with one attached hydrogen (secondary N) is 1. The quantitative estimate of drug-likeness (QED) is 0.754. The monoisotopic (exact) mass is 320 g/mol. The number of carbonyl (C=O) groups excluding carboxylic acids is 1. The Morgan fingerprint density at radius 2 is 1.67 bits per heavy atom. The van der Waals surface area contributed by atoms with Gasteiger partial charge in [0.2, 0.25) is 5.91 Å². The van der Waals surface area contributed by atoms with Crippen molar-refractivity contribution in [3.63, 3.8) is 0 Å². The number of hydrogen-bond donors (Lipinski definition) is 1. The van der Waals surface area contributed by atoms with Gasteiger partial charge in [-0.3, -0.25) is 10.1 Å². The van der Waals surface area contributed by atoms with Crippen LogP contribution in [0.4, 0.5) is 5.69 Å². The van der Waals surface area contributed by atoms with Gasteiger partial charge in [-0.25, -0.2) is 0 Å². The smallest absolute Gasteiger partial charge is 0.240 e. The maximum absolute atomic E-state index is 12.5. The molecule has 0 aliphatic heterocycles. The van der Waals surface area contributed by atoms with Crippen molar-refractivity contribution >= 4 is 11.6 Å². The SMILES string of the molecule is CN(C(=O)CN[C@H](c1ccccc1)c1ccco1)c1ccccc1. The normalized spacial score (nSPS) is 11.9. The Labute approximate surface area is 141 Å². The van der Waals surface area contributed by atoms with E-state index in [-0.39, 0.29) is 18.5 Å². The molecule has 0 bridgehead atoms. The minimum absolute atomic E-state index is 0.00585. The van der Waals surface area contributed by atoms with Gasteiger partial charge in [-0.15, -0.1) is 0 Å². The number of carbonyl (C=O) groups is 1. The molecule has 1 N–H and O–H groups in total. The van der Waals surface area contributed by atoms with E-state index in [9.17, 15) is 4.79 Å². The number of amides is 1. The Morgan fingerprint density at radius 3 is 2.29 bits per heavy atom. The van der Waals surface area contributed by atoms with Gasteiger partial charge in [-0.2, -0.15) is 0 Å². The maximum Gasteiger partial charge on any atom is 0.240 e. The third-order valence-corrected chi connectivity index (χ3v) is 3.94. The first-order valence-corrected chi connectivity index (χ1v) is 7.89. The lowest BCUT2D eigenvalue weighted by atomic mass is 10.0. The van der Waals surface area contributed by atoms with Crippen LogP contribution in [0.3, 0.4) is 0 Å². The van der Waals surface area contributed by atoms with Gasteiger partial charge in [0.05, 0.1) is 18.8 Å². The molecule has 3 aromatic rings. The first-order valence-electron chi connectivity index (χ1n) is 7.89. The molecule has 0 fully saturated rings. The van der Waals surface area contributed by atoms with Crippen molar-refractivity contribution in [2.45, 2.75) is 6.04 Å². The number of nitrogens with zero attached hydrogens (tertiary/aromatic N) is 1. The molecule has 0 saturated heterocycles. The molecule has 0 aliphatic rings. The summed E-state index contributed by atoms with van der Waals surface area (Å²) in [5.41, 5.74) is 1.93. The average Bonchev–Trinajstić information content (AvgIpc) is 3.17. The molecule has 4 nitrogen and oxygen atoms in total. The summed E-state index contributed by atoms with van der Waals surface area (Å²) in [6.45, 7) is 0.214. The summed E-state index contributed by atoms with van der Waals surface area (Å²) >= 11 is 0. The van der Waals surface area contributed by atoms with Crippen LogP contribution >= 0.6 is 0 Å². The molecule has 122 valence electrons. The van der Waals surface area contributed by atoms with Crippen molar-refractivity contribution in [1.82, 2.24) is 5.32 Å². The lowest BCUT2D eigenvalue weighted by Crippen LogP contribution is -2.37. The van der Waals surface area contributed by atoms with Gasteiger partial charge in [0.25, 0.3) is 0 Å². The second-order valence-corrected chi connectivity index (χ2v) is 5.53. The second kappa shape index (κ2) is 7.62. The minimum Gasteiger partial charge on any atom is -0.467 e. The van der Waals surface area contributed by atoms with Gasteiger partial charge in [0.15, 0.2) is 0 Å². The zero-order valence-electron chi connectivity index (χ0n) is 13.6. The number of rotatable bonds is 6. The third-order valence-electron chi connectivity index (χ3n) is 3.94. The number of furan rings is 1. The molecule has 1 heterocycles. The molecule has 24 heavy (non-hydrogen) atoms. The van der Waals surface area contributed by atoms with Crippen molar-refractivity contribution in [3.8, 4) is 0 Å². The van der Waals surface area contributed by atoms with Crippen molar-refractivity contribution in [3.05, 3.63) is 90.4 Å². The summed E-state index contributed by atoms with van der Waals surface area (Å²) < 4.78 is 5.54. The average molecular weight is 320 g/mol. The van der Waals surface area contributed by atoms with E-state index in [2.05, 4.69) is 5.32 Å². The highest BCUT2D eigenvalue weighted by molar-refractivity contribution is 5.94. The summed E-state index contributed by atoms with van der Waals surface area (Å²) in [5.74, 6) is 0.782. The van der Waals surface area contributed by atoms with Crippen LogP contribution < -0.4 is 10.2 Å². The molecular formula is C20H20N2O2. The predicted molar refractivity (Wildman–Crippen MR) is 94.8 cm³/mol. The van der Waals surface area contributed by atoms with Crippen molar-refractivity contribution in [2.75, 3.05) is 18.5 Å². The van der Waals surface area contributed by atoms with Gasteiger partial charge >= 0.3 is 0 Å².